The van der Waals surface area contributed by atoms with Crippen molar-refractivity contribution in [1.82, 2.24) is 10.2 Å². The molecule has 1 heterocycles. The van der Waals surface area contributed by atoms with Crippen molar-refractivity contribution in [3.05, 3.63) is 11.9 Å². The van der Waals surface area contributed by atoms with Crippen LogP contribution in [0.25, 0.3) is 0 Å². The molecule has 78 valence electrons. The van der Waals surface area contributed by atoms with Crippen molar-refractivity contribution in [3.63, 3.8) is 0 Å². The number of carbonyl (C=O) groups is 1. The van der Waals surface area contributed by atoms with Crippen LogP contribution in [0.5, 0.6) is 0 Å². The van der Waals surface area contributed by atoms with Crippen LogP contribution in [0.4, 0.5) is 5.69 Å². The van der Waals surface area contributed by atoms with Gasteiger partial charge in [0, 0.05) is 6.04 Å². The number of hydrogen-bond donors (Lipinski definition) is 3. The zero-order valence-corrected chi connectivity index (χ0v) is 8.37. The summed E-state index contributed by atoms with van der Waals surface area (Å²) in [7, 11) is 0. The van der Waals surface area contributed by atoms with E-state index in [4.69, 9.17) is 5.11 Å². The number of aromatic amines is 1. The van der Waals surface area contributed by atoms with E-state index < -0.39 is 5.97 Å². The molecule has 0 bridgehead atoms. The molecule has 1 aromatic rings. The monoisotopic (exact) mass is 197 g/mol. The molecule has 3 N–H and O–H groups in total. The molecule has 5 heteroatoms. The van der Waals surface area contributed by atoms with Crippen LogP contribution in [0.2, 0.25) is 0 Å². The minimum Gasteiger partial charge on any atom is -0.476 e. The van der Waals surface area contributed by atoms with Gasteiger partial charge in [-0.3, -0.25) is 5.10 Å². The second-order valence-electron chi connectivity index (χ2n) is 3.12. The lowest BCUT2D eigenvalue weighted by molar-refractivity contribution is 0.0691. The molecule has 0 aliphatic heterocycles. The van der Waals surface area contributed by atoms with Crippen LogP contribution in [0.15, 0.2) is 6.20 Å². The summed E-state index contributed by atoms with van der Waals surface area (Å²) in [5.74, 6) is -0.990. The average Bonchev–Trinajstić information content (AvgIpc) is 2.62. The highest BCUT2D eigenvalue weighted by Crippen LogP contribution is 2.14. The number of nitrogens with zero attached hydrogens (tertiary/aromatic N) is 1. The molecule has 0 fully saturated rings. The molecule has 0 saturated carbocycles. The highest BCUT2D eigenvalue weighted by atomic mass is 16.4. The SMILES string of the molecule is CCC(CC)Nc1cn[nH]c1C(=O)O. The Morgan fingerprint density at radius 1 is 1.64 bits per heavy atom. The molecule has 0 unspecified atom stereocenters. The largest absolute Gasteiger partial charge is 0.476 e. The Hall–Kier alpha value is -1.52. The van der Waals surface area contributed by atoms with E-state index in [0.717, 1.165) is 12.8 Å². The number of rotatable bonds is 5. The maximum atomic E-state index is 10.7. The number of nitrogens with one attached hydrogen (secondary N) is 2. The van der Waals surface area contributed by atoms with Crippen LogP contribution in [-0.2, 0) is 0 Å². The van der Waals surface area contributed by atoms with E-state index in [1.807, 2.05) is 0 Å². The summed E-state index contributed by atoms with van der Waals surface area (Å²) in [6, 6.07) is 0.297. The second-order valence-corrected chi connectivity index (χ2v) is 3.12. The molecule has 1 rings (SSSR count). The van der Waals surface area contributed by atoms with E-state index in [-0.39, 0.29) is 5.69 Å². The summed E-state index contributed by atoms with van der Waals surface area (Å²) < 4.78 is 0. The molecule has 0 aromatic carbocycles. The fraction of sp³-hybridized carbons (Fsp3) is 0.556. The fourth-order valence-corrected chi connectivity index (χ4v) is 1.27. The quantitative estimate of drug-likeness (QED) is 0.671. The first-order valence-electron chi connectivity index (χ1n) is 4.72. The van der Waals surface area contributed by atoms with Crippen molar-refractivity contribution in [3.8, 4) is 0 Å². The fourth-order valence-electron chi connectivity index (χ4n) is 1.27. The summed E-state index contributed by atoms with van der Waals surface area (Å²) >= 11 is 0. The standard InChI is InChI=1S/C9H15N3O2/c1-3-6(4-2)11-7-5-10-12-8(7)9(13)14/h5-6,11H,3-4H2,1-2H3,(H,10,12)(H,13,14). The Morgan fingerprint density at radius 3 is 2.79 bits per heavy atom. The lowest BCUT2D eigenvalue weighted by atomic mass is 10.1. The van der Waals surface area contributed by atoms with Crippen molar-refractivity contribution >= 4 is 11.7 Å². The van der Waals surface area contributed by atoms with Crippen LogP contribution < -0.4 is 5.32 Å². The third-order valence-corrected chi connectivity index (χ3v) is 2.20. The predicted octanol–water partition coefficient (Wildman–Crippen LogP) is 1.71. The topological polar surface area (TPSA) is 78.0 Å². The van der Waals surface area contributed by atoms with Gasteiger partial charge in [-0.1, -0.05) is 13.8 Å². The van der Waals surface area contributed by atoms with Crippen molar-refractivity contribution in [2.75, 3.05) is 5.32 Å². The summed E-state index contributed by atoms with van der Waals surface area (Å²) in [6.45, 7) is 4.11. The van der Waals surface area contributed by atoms with E-state index in [9.17, 15) is 4.79 Å². The average molecular weight is 197 g/mol. The lowest BCUT2D eigenvalue weighted by Crippen LogP contribution is -2.18. The Morgan fingerprint density at radius 2 is 2.29 bits per heavy atom. The minimum absolute atomic E-state index is 0.122. The molecule has 14 heavy (non-hydrogen) atoms. The van der Waals surface area contributed by atoms with Crippen molar-refractivity contribution in [1.29, 1.82) is 0 Å². The Balaban J connectivity index is 2.75. The van der Waals surface area contributed by atoms with Crippen LogP contribution in [0, 0.1) is 0 Å². The predicted molar refractivity (Wildman–Crippen MR) is 53.5 cm³/mol. The van der Waals surface area contributed by atoms with Crippen molar-refractivity contribution in [2.45, 2.75) is 32.7 Å². The maximum absolute atomic E-state index is 10.7. The highest BCUT2D eigenvalue weighted by Gasteiger charge is 2.14. The van der Waals surface area contributed by atoms with Gasteiger partial charge in [0.25, 0.3) is 0 Å². The van der Waals surface area contributed by atoms with E-state index in [2.05, 4.69) is 29.4 Å². The molecule has 0 aliphatic carbocycles. The van der Waals surface area contributed by atoms with Crippen molar-refractivity contribution in [2.24, 2.45) is 0 Å². The summed E-state index contributed by atoms with van der Waals surface area (Å²) in [4.78, 5) is 10.7. The molecule has 0 radical (unpaired) electrons. The van der Waals surface area contributed by atoms with Gasteiger partial charge in [0.2, 0.25) is 0 Å². The molecule has 0 saturated heterocycles. The van der Waals surface area contributed by atoms with E-state index in [1.165, 1.54) is 6.20 Å². The zero-order valence-electron chi connectivity index (χ0n) is 8.37. The van der Waals surface area contributed by atoms with Crippen molar-refractivity contribution < 1.29 is 9.90 Å². The first kappa shape index (κ1) is 10.6. The number of carboxylic acid groups (broad SMARTS) is 1. The Kier molecular flexibility index (Phi) is 3.50. The molecular formula is C9H15N3O2. The number of H-pyrrole nitrogens is 1. The molecule has 0 aliphatic rings. The Labute approximate surface area is 82.5 Å². The number of hydrogen-bond acceptors (Lipinski definition) is 3. The first-order chi connectivity index (χ1) is 6.69. The summed E-state index contributed by atoms with van der Waals surface area (Å²) in [5.41, 5.74) is 0.683. The smallest absolute Gasteiger partial charge is 0.356 e. The summed E-state index contributed by atoms with van der Waals surface area (Å²) in [6.07, 6.45) is 3.42. The molecule has 0 amide bonds. The van der Waals surface area contributed by atoms with Gasteiger partial charge >= 0.3 is 5.97 Å². The van der Waals surface area contributed by atoms with Gasteiger partial charge in [0.1, 0.15) is 0 Å². The van der Waals surface area contributed by atoms with Crippen LogP contribution >= 0.6 is 0 Å². The number of carboxylic acids is 1. The van der Waals surface area contributed by atoms with E-state index >= 15 is 0 Å². The third-order valence-electron chi connectivity index (χ3n) is 2.20. The molecule has 1 aromatic heterocycles. The van der Waals surface area contributed by atoms with Crippen LogP contribution in [0.1, 0.15) is 37.2 Å². The summed E-state index contributed by atoms with van der Waals surface area (Å²) in [5, 5.41) is 18.1. The molecule has 0 atom stereocenters. The first-order valence-corrected chi connectivity index (χ1v) is 4.72. The van der Waals surface area contributed by atoms with Crippen LogP contribution in [-0.4, -0.2) is 27.3 Å². The maximum Gasteiger partial charge on any atom is 0.356 e. The highest BCUT2D eigenvalue weighted by molar-refractivity contribution is 5.91. The van der Waals surface area contributed by atoms with Gasteiger partial charge in [-0.25, -0.2) is 4.79 Å². The minimum atomic E-state index is -0.990. The van der Waals surface area contributed by atoms with E-state index in [1.54, 1.807) is 0 Å². The van der Waals surface area contributed by atoms with E-state index in [0.29, 0.717) is 11.7 Å². The Bertz CT molecular complexity index is 305. The number of anilines is 1. The molecule has 0 spiro atoms. The molecule has 5 nitrogen and oxygen atoms in total. The zero-order chi connectivity index (χ0) is 10.6. The van der Waals surface area contributed by atoms with Gasteiger partial charge in [0.15, 0.2) is 5.69 Å². The van der Waals surface area contributed by atoms with Gasteiger partial charge in [-0.2, -0.15) is 5.10 Å². The lowest BCUT2D eigenvalue weighted by Gasteiger charge is -2.14. The van der Waals surface area contributed by atoms with Gasteiger partial charge < -0.3 is 10.4 Å². The normalized spacial score (nSPS) is 10.5. The van der Waals surface area contributed by atoms with Gasteiger partial charge in [0.05, 0.1) is 11.9 Å². The second kappa shape index (κ2) is 4.64. The third kappa shape index (κ3) is 2.25. The number of aromatic carboxylic acids is 1. The number of aromatic nitrogens is 2. The van der Waals surface area contributed by atoms with Gasteiger partial charge in [-0.05, 0) is 12.8 Å². The van der Waals surface area contributed by atoms with Crippen LogP contribution in [0.3, 0.4) is 0 Å². The molecular weight excluding hydrogens is 182 g/mol. The van der Waals surface area contributed by atoms with Gasteiger partial charge in [-0.15, -0.1) is 0 Å².